The van der Waals surface area contributed by atoms with Gasteiger partial charge < -0.3 is 11.1 Å². The molecule has 4 heteroatoms. The van der Waals surface area contributed by atoms with E-state index in [2.05, 4.69) is 26.1 Å². The largest absolute Gasteiger partial charge is 0.354 e. The Balaban J connectivity index is 0.00000361. The lowest BCUT2D eigenvalue weighted by molar-refractivity contribution is -0.122. The molecule has 0 saturated heterocycles. The normalized spacial score (nSPS) is 13.4. The van der Waals surface area contributed by atoms with Crippen molar-refractivity contribution in [2.45, 2.75) is 39.7 Å². The molecular formula is C16H27ClN2O. The van der Waals surface area contributed by atoms with Crippen LogP contribution in [0, 0.1) is 11.8 Å². The number of rotatable bonds is 7. The van der Waals surface area contributed by atoms with Crippen LogP contribution < -0.4 is 11.1 Å². The summed E-state index contributed by atoms with van der Waals surface area (Å²) in [5, 5.41) is 2.92. The molecule has 2 unspecified atom stereocenters. The predicted octanol–water partition coefficient (Wildman–Crippen LogP) is 3.30. The minimum absolute atomic E-state index is 0. The molecule has 114 valence electrons. The molecule has 1 rings (SSSR count). The number of hydrogen-bond acceptors (Lipinski definition) is 2. The first-order valence-electron chi connectivity index (χ1n) is 7.06. The highest BCUT2D eigenvalue weighted by Gasteiger charge is 2.12. The van der Waals surface area contributed by atoms with Crippen molar-refractivity contribution in [3.8, 4) is 0 Å². The van der Waals surface area contributed by atoms with E-state index in [1.165, 1.54) is 0 Å². The summed E-state index contributed by atoms with van der Waals surface area (Å²) in [7, 11) is 0. The fourth-order valence-corrected chi connectivity index (χ4v) is 2.32. The first-order valence-corrected chi connectivity index (χ1v) is 7.06. The Morgan fingerprint density at radius 3 is 2.35 bits per heavy atom. The third-order valence-corrected chi connectivity index (χ3v) is 3.15. The third kappa shape index (κ3) is 7.51. The molecule has 0 bridgehead atoms. The Morgan fingerprint density at radius 1 is 1.20 bits per heavy atom. The lowest BCUT2D eigenvalue weighted by Crippen LogP contribution is -2.32. The second-order valence-corrected chi connectivity index (χ2v) is 5.76. The van der Waals surface area contributed by atoms with Gasteiger partial charge in [-0.2, -0.15) is 0 Å². The Bertz CT molecular complexity index is 381. The zero-order valence-corrected chi connectivity index (χ0v) is 13.5. The van der Waals surface area contributed by atoms with Crippen molar-refractivity contribution in [2.75, 3.05) is 6.54 Å². The van der Waals surface area contributed by atoms with Crippen LogP contribution in [0.25, 0.3) is 0 Å². The van der Waals surface area contributed by atoms with Crippen LogP contribution in [0.3, 0.4) is 0 Å². The second kappa shape index (κ2) is 9.78. The summed E-state index contributed by atoms with van der Waals surface area (Å²) in [5.74, 6) is 1.15. The van der Waals surface area contributed by atoms with Crippen LogP contribution in [0.2, 0.25) is 0 Å². The molecule has 0 aliphatic carbocycles. The Kier molecular flexibility index (Phi) is 9.26. The van der Waals surface area contributed by atoms with Crippen LogP contribution in [0.1, 0.15) is 45.2 Å². The third-order valence-electron chi connectivity index (χ3n) is 3.15. The summed E-state index contributed by atoms with van der Waals surface area (Å²) >= 11 is 0. The second-order valence-electron chi connectivity index (χ2n) is 5.76. The van der Waals surface area contributed by atoms with Gasteiger partial charge in [-0.1, -0.05) is 51.1 Å². The zero-order valence-electron chi connectivity index (χ0n) is 12.6. The lowest BCUT2D eigenvalue weighted by Gasteiger charge is -2.16. The van der Waals surface area contributed by atoms with Crippen molar-refractivity contribution in [1.29, 1.82) is 0 Å². The Hall–Kier alpha value is -1.06. The molecular weight excluding hydrogens is 272 g/mol. The van der Waals surface area contributed by atoms with Gasteiger partial charge in [0.1, 0.15) is 0 Å². The number of amides is 1. The molecule has 0 aliphatic rings. The Labute approximate surface area is 128 Å². The molecule has 0 fully saturated rings. The van der Waals surface area contributed by atoms with Crippen molar-refractivity contribution in [2.24, 2.45) is 17.6 Å². The number of nitrogens with two attached hydrogens (primary N) is 1. The van der Waals surface area contributed by atoms with Crippen molar-refractivity contribution >= 4 is 18.3 Å². The zero-order chi connectivity index (χ0) is 14.3. The minimum Gasteiger partial charge on any atom is -0.354 e. The molecule has 1 aromatic carbocycles. The monoisotopic (exact) mass is 298 g/mol. The van der Waals surface area contributed by atoms with Gasteiger partial charge in [0.2, 0.25) is 5.91 Å². The number of halogens is 1. The lowest BCUT2D eigenvalue weighted by atomic mass is 9.96. The van der Waals surface area contributed by atoms with Crippen LogP contribution in [0.15, 0.2) is 30.3 Å². The van der Waals surface area contributed by atoms with Crippen molar-refractivity contribution in [1.82, 2.24) is 5.32 Å². The van der Waals surface area contributed by atoms with Gasteiger partial charge in [-0.15, -0.1) is 12.4 Å². The highest BCUT2D eigenvalue weighted by Crippen LogP contribution is 2.14. The van der Waals surface area contributed by atoms with Gasteiger partial charge in [-0.05, 0) is 23.8 Å². The van der Waals surface area contributed by atoms with Gasteiger partial charge in [0.25, 0.3) is 0 Å². The van der Waals surface area contributed by atoms with Crippen LogP contribution >= 0.6 is 12.4 Å². The van der Waals surface area contributed by atoms with E-state index in [4.69, 9.17) is 5.73 Å². The number of nitrogens with one attached hydrogen (secondary N) is 1. The standard InChI is InChI=1S/C16H26N2O.ClH/c1-12(2)9-13(3)10-16(19)18-11-15(17)14-7-5-4-6-8-14;/h4-8,12-13,15H,9-11,17H2,1-3H3,(H,18,19);1H. The summed E-state index contributed by atoms with van der Waals surface area (Å²) in [6.45, 7) is 6.98. The highest BCUT2D eigenvalue weighted by atomic mass is 35.5. The molecule has 1 amide bonds. The van der Waals surface area contributed by atoms with Crippen molar-refractivity contribution in [3.63, 3.8) is 0 Å². The van der Waals surface area contributed by atoms with E-state index in [9.17, 15) is 4.79 Å². The van der Waals surface area contributed by atoms with E-state index in [-0.39, 0.29) is 24.4 Å². The topological polar surface area (TPSA) is 55.1 Å². The number of carbonyl (C=O) groups excluding carboxylic acids is 1. The van der Waals surface area contributed by atoms with Crippen LogP contribution in [0.4, 0.5) is 0 Å². The highest BCUT2D eigenvalue weighted by molar-refractivity contribution is 5.85. The van der Waals surface area contributed by atoms with E-state index in [0.29, 0.717) is 24.8 Å². The molecule has 0 aliphatic heterocycles. The predicted molar refractivity (Wildman–Crippen MR) is 86.9 cm³/mol. The summed E-state index contributed by atoms with van der Waals surface area (Å²) in [6, 6.07) is 9.72. The Morgan fingerprint density at radius 2 is 1.80 bits per heavy atom. The fraction of sp³-hybridized carbons (Fsp3) is 0.562. The van der Waals surface area contributed by atoms with E-state index in [1.807, 2.05) is 30.3 Å². The molecule has 0 aromatic heterocycles. The maximum absolute atomic E-state index is 11.8. The molecule has 0 spiro atoms. The van der Waals surface area contributed by atoms with E-state index < -0.39 is 0 Å². The first-order chi connectivity index (χ1) is 8.99. The van der Waals surface area contributed by atoms with Crippen molar-refractivity contribution in [3.05, 3.63) is 35.9 Å². The van der Waals surface area contributed by atoms with Crippen molar-refractivity contribution < 1.29 is 4.79 Å². The smallest absolute Gasteiger partial charge is 0.220 e. The van der Waals surface area contributed by atoms with E-state index >= 15 is 0 Å². The maximum Gasteiger partial charge on any atom is 0.220 e. The van der Waals surface area contributed by atoms with Gasteiger partial charge in [-0.3, -0.25) is 4.79 Å². The van der Waals surface area contributed by atoms with Crippen LogP contribution in [0.5, 0.6) is 0 Å². The molecule has 0 radical (unpaired) electrons. The quantitative estimate of drug-likeness (QED) is 0.811. The summed E-state index contributed by atoms with van der Waals surface area (Å²) in [6.07, 6.45) is 1.66. The number of hydrogen-bond donors (Lipinski definition) is 2. The molecule has 2 atom stereocenters. The van der Waals surface area contributed by atoms with Gasteiger partial charge >= 0.3 is 0 Å². The van der Waals surface area contributed by atoms with Gasteiger partial charge in [-0.25, -0.2) is 0 Å². The first kappa shape index (κ1) is 18.9. The van der Waals surface area contributed by atoms with Gasteiger partial charge in [0, 0.05) is 19.0 Å². The number of benzene rings is 1. The molecule has 3 nitrogen and oxygen atoms in total. The molecule has 1 aromatic rings. The molecule has 0 saturated carbocycles. The molecule has 3 N–H and O–H groups in total. The number of carbonyl (C=O) groups is 1. The molecule has 20 heavy (non-hydrogen) atoms. The van der Waals surface area contributed by atoms with Crippen LogP contribution in [-0.4, -0.2) is 12.5 Å². The van der Waals surface area contributed by atoms with Gasteiger partial charge in [0.15, 0.2) is 0 Å². The van der Waals surface area contributed by atoms with E-state index in [0.717, 1.165) is 12.0 Å². The molecule has 0 heterocycles. The minimum atomic E-state index is -0.134. The summed E-state index contributed by atoms with van der Waals surface area (Å²) < 4.78 is 0. The summed E-state index contributed by atoms with van der Waals surface area (Å²) in [4.78, 5) is 11.8. The SMILES string of the molecule is CC(C)CC(C)CC(=O)NCC(N)c1ccccc1.Cl. The van der Waals surface area contributed by atoms with Crippen LogP contribution in [-0.2, 0) is 4.79 Å². The average molecular weight is 299 g/mol. The van der Waals surface area contributed by atoms with Gasteiger partial charge in [0.05, 0.1) is 0 Å². The fourth-order valence-electron chi connectivity index (χ4n) is 2.32. The summed E-state index contributed by atoms with van der Waals surface area (Å²) in [5.41, 5.74) is 7.09. The average Bonchev–Trinajstić information content (AvgIpc) is 2.36. The van der Waals surface area contributed by atoms with E-state index in [1.54, 1.807) is 0 Å². The maximum atomic E-state index is 11.8.